The largest absolute Gasteiger partial charge is 0.379 e. The molecule has 0 aliphatic heterocycles. The van der Waals surface area contributed by atoms with Crippen LogP contribution in [0.2, 0.25) is 0 Å². The van der Waals surface area contributed by atoms with Gasteiger partial charge >= 0.3 is 0 Å². The lowest BCUT2D eigenvalue weighted by molar-refractivity contribution is -0.384. The smallest absolute Gasteiger partial charge is 0.292 e. The van der Waals surface area contributed by atoms with Crippen molar-refractivity contribution < 1.29 is 4.92 Å². The van der Waals surface area contributed by atoms with Crippen molar-refractivity contribution in [1.82, 2.24) is 9.55 Å². The molecule has 1 aromatic heterocycles. The van der Waals surface area contributed by atoms with Crippen molar-refractivity contribution in [3.63, 3.8) is 0 Å². The first-order valence-electron chi connectivity index (χ1n) is 6.61. The standard InChI is InChI=1S/C14H18N4O2/c1-3-7-16-14-12(5-4-6-13(14)18(19)20)10-17-9-8-15-11(17)2/h4-6,8-9,16H,3,7,10H2,1-2H3. The Morgan fingerprint density at radius 1 is 1.45 bits per heavy atom. The maximum atomic E-state index is 11.2. The van der Waals surface area contributed by atoms with E-state index in [0.29, 0.717) is 18.8 Å². The van der Waals surface area contributed by atoms with Crippen molar-refractivity contribution in [2.45, 2.75) is 26.8 Å². The van der Waals surface area contributed by atoms with E-state index in [4.69, 9.17) is 0 Å². The number of rotatable bonds is 6. The van der Waals surface area contributed by atoms with Crippen LogP contribution in [0, 0.1) is 17.0 Å². The number of para-hydroxylation sites is 1. The summed E-state index contributed by atoms with van der Waals surface area (Å²) in [6, 6.07) is 5.16. The average molecular weight is 274 g/mol. The minimum atomic E-state index is -0.345. The SMILES string of the molecule is CCCNc1c(Cn2ccnc2C)cccc1[N+](=O)[O-]. The highest BCUT2D eigenvalue weighted by Gasteiger charge is 2.17. The number of nitro benzene ring substituents is 1. The van der Waals surface area contributed by atoms with Crippen molar-refractivity contribution in [1.29, 1.82) is 0 Å². The highest BCUT2D eigenvalue weighted by Crippen LogP contribution is 2.29. The fraction of sp³-hybridized carbons (Fsp3) is 0.357. The first-order valence-corrected chi connectivity index (χ1v) is 6.61. The molecule has 2 aromatic rings. The molecule has 0 amide bonds. The Labute approximate surface area is 117 Å². The number of benzene rings is 1. The van der Waals surface area contributed by atoms with Gasteiger partial charge in [-0.3, -0.25) is 10.1 Å². The molecule has 0 radical (unpaired) electrons. The van der Waals surface area contributed by atoms with E-state index in [2.05, 4.69) is 10.3 Å². The second-order valence-electron chi connectivity index (χ2n) is 4.60. The van der Waals surface area contributed by atoms with Crippen LogP contribution in [-0.2, 0) is 6.54 Å². The zero-order chi connectivity index (χ0) is 14.5. The number of hydrogen-bond acceptors (Lipinski definition) is 4. The second-order valence-corrected chi connectivity index (χ2v) is 4.60. The molecule has 0 saturated carbocycles. The van der Waals surface area contributed by atoms with Gasteiger partial charge in [0.1, 0.15) is 11.5 Å². The third kappa shape index (κ3) is 2.96. The molecule has 6 heteroatoms. The Morgan fingerprint density at radius 2 is 2.25 bits per heavy atom. The van der Waals surface area contributed by atoms with Crippen LogP contribution in [0.25, 0.3) is 0 Å². The molecule has 20 heavy (non-hydrogen) atoms. The van der Waals surface area contributed by atoms with Crippen molar-refractivity contribution >= 4 is 11.4 Å². The molecule has 0 saturated heterocycles. The van der Waals surface area contributed by atoms with E-state index in [1.807, 2.05) is 30.7 Å². The minimum absolute atomic E-state index is 0.119. The number of nitrogens with zero attached hydrogens (tertiary/aromatic N) is 3. The quantitative estimate of drug-likeness (QED) is 0.649. The molecule has 1 N–H and O–H groups in total. The van der Waals surface area contributed by atoms with Crippen molar-refractivity contribution in [2.24, 2.45) is 0 Å². The minimum Gasteiger partial charge on any atom is -0.379 e. The average Bonchev–Trinajstić information content (AvgIpc) is 2.82. The monoisotopic (exact) mass is 274 g/mol. The number of hydrogen-bond donors (Lipinski definition) is 1. The molecule has 0 spiro atoms. The fourth-order valence-corrected chi connectivity index (χ4v) is 2.08. The summed E-state index contributed by atoms with van der Waals surface area (Å²) >= 11 is 0. The number of aryl methyl sites for hydroxylation is 1. The second kappa shape index (κ2) is 6.18. The Hall–Kier alpha value is -2.37. The van der Waals surface area contributed by atoms with Crippen molar-refractivity contribution in [2.75, 3.05) is 11.9 Å². The summed E-state index contributed by atoms with van der Waals surface area (Å²) in [5.74, 6) is 0.887. The van der Waals surface area contributed by atoms with Gasteiger partial charge in [-0.1, -0.05) is 19.1 Å². The predicted molar refractivity (Wildman–Crippen MR) is 77.9 cm³/mol. The van der Waals surface area contributed by atoms with E-state index in [9.17, 15) is 10.1 Å². The van der Waals surface area contributed by atoms with Gasteiger partial charge in [-0.15, -0.1) is 0 Å². The maximum absolute atomic E-state index is 11.2. The topological polar surface area (TPSA) is 73.0 Å². The zero-order valence-corrected chi connectivity index (χ0v) is 11.7. The van der Waals surface area contributed by atoms with Crippen molar-refractivity contribution in [3.05, 3.63) is 52.1 Å². The van der Waals surface area contributed by atoms with Crippen LogP contribution in [0.5, 0.6) is 0 Å². The number of nitro groups is 1. The van der Waals surface area contributed by atoms with Gasteiger partial charge in [-0.05, 0) is 13.3 Å². The summed E-state index contributed by atoms with van der Waals surface area (Å²) in [5.41, 5.74) is 1.62. The summed E-state index contributed by atoms with van der Waals surface area (Å²) in [6.45, 7) is 5.22. The number of nitrogens with one attached hydrogen (secondary N) is 1. The van der Waals surface area contributed by atoms with E-state index >= 15 is 0 Å². The van der Waals surface area contributed by atoms with Gasteiger partial charge < -0.3 is 9.88 Å². The molecule has 106 valence electrons. The molecular formula is C14H18N4O2. The molecule has 1 aromatic carbocycles. The summed E-state index contributed by atoms with van der Waals surface area (Å²) in [6.07, 6.45) is 4.51. The first kappa shape index (κ1) is 14.0. The first-order chi connectivity index (χ1) is 9.63. The lowest BCUT2D eigenvalue weighted by Gasteiger charge is -2.13. The summed E-state index contributed by atoms with van der Waals surface area (Å²) in [5, 5.41) is 14.3. The third-order valence-corrected chi connectivity index (χ3v) is 3.14. The Balaban J connectivity index is 2.38. The molecule has 0 bridgehead atoms. The number of aromatic nitrogens is 2. The zero-order valence-electron chi connectivity index (χ0n) is 11.7. The molecule has 1 heterocycles. The predicted octanol–water partition coefficient (Wildman–Crippen LogP) is 2.97. The molecular weight excluding hydrogens is 256 g/mol. The fourth-order valence-electron chi connectivity index (χ4n) is 2.08. The Morgan fingerprint density at radius 3 is 2.85 bits per heavy atom. The molecule has 6 nitrogen and oxygen atoms in total. The van der Waals surface area contributed by atoms with Gasteiger partial charge in [0.15, 0.2) is 0 Å². The molecule has 0 aliphatic rings. The third-order valence-electron chi connectivity index (χ3n) is 3.14. The van der Waals surface area contributed by atoms with Gasteiger partial charge in [-0.25, -0.2) is 4.98 Å². The maximum Gasteiger partial charge on any atom is 0.292 e. The van der Waals surface area contributed by atoms with Crippen LogP contribution in [0.15, 0.2) is 30.6 Å². The van der Waals surface area contributed by atoms with E-state index < -0.39 is 0 Å². The van der Waals surface area contributed by atoms with Crippen LogP contribution < -0.4 is 5.32 Å². The number of imidazole rings is 1. The van der Waals surface area contributed by atoms with Crippen LogP contribution in [0.3, 0.4) is 0 Å². The van der Waals surface area contributed by atoms with Crippen molar-refractivity contribution in [3.8, 4) is 0 Å². The number of anilines is 1. The summed E-state index contributed by atoms with van der Waals surface area (Å²) in [4.78, 5) is 15.0. The lowest BCUT2D eigenvalue weighted by atomic mass is 10.1. The summed E-state index contributed by atoms with van der Waals surface area (Å²) in [7, 11) is 0. The van der Waals surface area contributed by atoms with Gasteiger partial charge in [0.25, 0.3) is 5.69 Å². The molecule has 0 fully saturated rings. The normalized spacial score (nSPS) is 10.5. The van der Waals surface area contributed by atoms with Gasteiger partial charge in [0.2, 0.25) is 0 Å². The molecule has 0 atom stereocenters. The van der Waals surface area contributed by atoms with Gasteiger partial charge in [-0.2, -0.15) is 0 Å². The molecule has 2 rings (SSSR count). The highest BCUT2D eigenvalue weighted by molar-refractivity contribution is 5.66. The Bertz CT molecular complexity index is 607. The van der Waals surface area contributed by atoms with E-state index in [0.717, 1.165) is 17.8 Å². The van der Waals surface area contributed by atoms with Gasteiger partial charge in [0.05, 0.1) is 11.5 Å². The highest BCUT2D eigenvalue weighted by atomic mass is 16.6. The lowest BCUT2D eigenvalue weighted by Crippen LogP contribution is -2.09. The van der Waals surface area contributed by atoms with E-state index in [1.165, 1.54) is 6.07 Å². The molecule has 0 aliphatic carbocycles. The van der Waals surface area contributed by atoms with E-state index in [1.54, 1.807) is 12.3 Å². The van der Waals surface area contributed by atoms with Crippen LogP contribution in [-0.4, -0.2) is 21.0 Å². The van der Waals surface area contributed by atoms with Crippen LogP contribution in [0.1, 0.15) is 24.7 Å². The van der Waals surface area contributed by atoms with Crippen LogP contribution in [0.4, 0.5) is 11.4 Å². The van der Waals surface area contributed by atoms with E-state index in [-0.39, 0.29) is 10.6 Å². The summed E-state index contributed by atoms with van der Waals surface area (Å²) < 4.78 is 1.97. The van der Waals surface area contributed by atoms with Crippen LogP contribution >= 0.6 is 0 Å². The van der Waals surface area contributed by atoms with Gasteiger partial charge in [0, 0.05) is 30.6 Å². The molecule has 0 unspecified atom stereocenters. The Kier molecular flexibility index (Phi) is 4.34.